The average Bonchev–Trinajstić information content (AvgIpc) is 2.72. The van der Waals surface area contributed by atoms with Crippen molar-refractivity contribution in [3.8, 4) is 0 Å². The number of nitrogens with zero attached hydrogens (tertiary/aromatic N) is 1. The molecule has 0 aromatic heterocycles. The van der Waals surface area contributed by atoms with Gasteiger partial charge in [-0.1, -0.05) is 38.1 Å². The highest BCUT2D eigenvalue weighted by Gasteiger charge is 2.29. The first kappa shape index (κ1) is 14.1. The van der Waals surface area contributed by atoms with Gasteiger partial charge in [-0.3, -0.25) is 4.90 Å². The van der Waals surface area contributed by atoms with Crippen molar-refractivity contribution in [2.45, 2.75) is 51.6 Å². The molecule has 0 radical (unpaired) electrons. The van der Waals surface area contributed by atoms with E-state index < -0.39 is 0 Å². The largest absolute Gasteiger partial charge is 0.312 e. The third kappa shape index (κ3) is 2.91. The van der Waals surface area contributed by atoms with Gasteiger partial charge in [0.2, 0.25) is 0 Å². The van der Waals surface area contributed by atoms with E-state index in [-0.39, 0.29) is 0 Å². The summed E-state index contributed by atoms with van der Waals surface area (Å²) in [6.45, 7) is 8.31. The van der Waals surface area contributed by atoms with Gasteiger partial charge in [0.1, 0.15) is 0 Å². The molecule has 1 aliphatic heterocycles. The minimum absolute atomic E-state index is 0.645. The van der Waals surface area contributed by atoms with Crippen LogP contribution in [-0.2, 0) is 6.42 Å². The molecule has 1 aromatic rings. The molecule has 0 spiro atoms. The molecule has 0 saturated carbocycles. The molecule has 2 aliphatic rings. The Morgan fingerprint density at radius 2 is 2.05 bits per heavy atom. The van der Waals surface area contributed by atoms with E-state index in [0.717, 1.165) is 5.92 Å². The van der Waals surface area contributed by atoms with Gasteiger partial charge >= 0.3 is 0 Å². The third-order valence-corrected chi connectivity index (χ3v) is 5.04. The monoisotopic (exact) mass is 272 g/mol. The third-order valence-electron chi connectivity index (χ3n) is 5.04. The molecule has 0 amide bonds. The van der Waals surface area contributed by atoms with Crippen LogP contribution in [0.5, 0.6) is 0 Å². The van der Waals surface area contributed by atoms with E-state index in [1.165, 1.54) is 45.3 Å². The lowest BCUT2D eigenvalue weighted by Gasteiger charge is -2.37. The van der Waals surface area contributed by atoms with Crippen molar-refractivity contribution in [1.82, 2.24) is 10.2 Å². The van der Waals surface area contributed by atoms with Crippen LogP contribution >= 0.6 is 0 Å². The summed E-state index contributed by atoms with van der Waals surface area (Å²) in [5, 5.41) is 3.73. The van der Waals surface area contributed by atoms with Crippen LogP contribution in [0, 0.1) is 5.92 Å². The van der Waals surface area contributed by atoms with Gasteiger partial charge in [0, 0.05) is 25.2 Å². The lowest BCUT2D eigenvalue weighted by atomic mass is 9.86. The summed E-state index contributed by atoms with van der Waals surface area (Å²) in [5.41, 5.74) is 3.19. The van der Waals surface area contributed by atoms with Crippen molar-refractivity contribution in [2.75, 3.05) is 19.6 Å². The van der Waals surface area contributed by atoms with E-state index in [4.69, 9.17) is 0 Å². The zero-order valence-electron chi connectivity index (χ0n) is 12.9. The highest BCUT2D eigenvalue weighted by atomic mass is 15.2. The molecule has 1 N–H and O–H groups in total. The van der Waals surface area contributed by atoms with Crippen LogP contribution in [0.2, 0.25) is 0 Å². The molecule has 20 heavy (non-hydrogen) atoms. The zero-order valence-corrected chi connectivity index (χ0v) is 12.9. The average molecular weight is 272 g/mol. The Hall–Kier alpha value is -0.860. The fourth-order valence-electron chi connectivity index (χ4n) is 3.82. The molecule has 2 heteroatoms. The second kappa shape index (κ2) is 6.28. The van der Waals surface area contributed by atoms with Crippen molar-refractivity contribution >= 4 is 0 Å². The number of hydrogen-bond donors (Lipinski definition) is 1. The van der Waals surface area contributed by atoms with E-state index >= 15 is 0 Å². The minimum atomic E-state index is 0.645. The van der Waals surface area contributed by atoms with Crippen LogP contribution in [0.15, 0.2) is 24.3 Å². The Morgan fingerprint density at radius 3 is 2.90 bits per heavy atom. The van der Waals surface area contributed by atoms with Gasteiger partial charge in [-0.15, -0.1) is 0 Å². The quantitative estimate of drug-likeness (QED) is 0.888. The molecular formula is C18H28N2. The summed E-state index contributed by atoms with van der Waals surface area (Å²) in [6.07, 6.45) is 5.23. The van der Waals surface area contributed by atoms with Crippen molar-refractivity contribution in [1.29, 1.82) is 0 Å². The lowest BCUT2D eigenvalue weighted by Crippen LogP contribution is -2.43. The number of rotatable bonds is 2. The van der Waals surface area contributed by atoms with Gasteiger partial charge in [-0.05, 0) is 49.3 Å². The highest BCUT2D eigenvalue weighted by molar-refractivity contribution is 5.32. The molecule has 2 atom stereocenters. The lowest BCUT2D eigenvalue weighted by molar-refractivity contribution is 0.165. The molecule has 1 heterocycles. The number of nitrogens with one attached hydrogen (secondary N) is 1. The van der Waals surface area contributed by atoms with E-state index in [9.17, 15) is 0 Å². The Kier molecular flexibility index (Phi) is 4.42. The van der Waals surface area contributed by atoms with E-state index in [1.807, 2.05) is 0 Å². The Balaban J connectivity index is 1.81. The van der Waals surface area contributed by atoms with Crippen LogP contribution in [0.4, 0.5) is 0 Å². The predicted octanol–water partition coefficient (Wildman–Crippen LogP) is 3.38. The van der Waals surface area contributed by atoms with Gasteiger partial charge < -0.3 is 5.32 Å². The summed E-state index contributed by atoms with van der Waals surface area (Å²) >= 11 is 0. The molecule has 110 valence electrons. The van der Waals surface area contributed by atoms with Crippen molar-refractivity contribution in [3.63, 3.8) is 0 Å². The molecule has 3 rings (SSSR count). The Bertz CT molecular complexity index is 441. The molecule has 1 aliphatic carbocycles. The summed E-state index contributed by atoms with van der Waals surface area (Å²) < 4.78 is 0. The first-order valence-electron chi connectivity index (χ1n) is 8.31. The SMILES string of the molecule is CC(C)C1CN(C2CCCc3ccccc32)CCCN1. The second-order valence-corrected chi connectivity index (χ2v) is 6.76. The summed E-state index contributed by atoms with van der Waals surface area (Å²) in [6, 6.07) is 10.4. The zero-order chi connectivity index (χ0) is 13.9. The normalized spacial score (nSPS) is 28.1. The van der Waals surface area contributed by atoms with E-state index in [2.05, 4.69) is 48.3 Å². The van der Waals surface area contributed by atoms with Gasteiger partial charge in [0.15, 0.2) is 0 Å². The number of aryl methyl sites for hydroxylation is 1. The molecule has 2 unspecified atom stereocenters. The summed E-state index contributed by atoms with van der Waals surface area (Å²) in [7, 11) is 0. The molecule has 2 nitrogen and oxygen atoms in total. The number of benzene rings is 1. The molecular weight excluding hydrogens is 244 g/mol. The van der Waals surface area contributed by atoms with Crippen LogP contribution in [0.3, 0.4) is 0 Å². The molecule has 0 bridgehead atoms. The molecule has 1 fully saturated rings. The fraction of sp³-hybridized carbons (Fsp3) is 0.667. The smallest absolute Gasteiger partial charge is 0.0351 e. The van der Waals surface area contributed by atoms with E-state index in [1.54, 1.807) is 11.1 Å². The van der Waals surface area contributed by atoms with Crippen LogP contribution < -0.4 is 5.32 Å². The first-order chi connectivity index (χ1) is 9.75. The Morgan fingerprint density at radius 1 is 1.20 bits per heavy atom. The maximum Gasteiger partial charge on any atom is 0.0351 e. The minimum Gasteiger partial charge on any atom is -0.312 e. The van der Waals surface area contributed by atoms with Crippen LogP contribution in [0.25, 0.3) is 0 Å². The maximum absolute atomic E-state index is 3.73. The van der Waals surface area contributed by atoms with Gasteiger partial charge in [-0.2, -0.15) is 0 Å². The number of fused-ring (bicyclic) bond motifs is 1. The maximum atomic E-state index is 3.73. The summed E-state index contributed by atoms with van der Waals surface area (Å²) in [5.74, 6) is 0.717. The van der Waals surface area contributed by atoms with Crippen molar-refractivity contribution < 1.29 is 0 Å². The molecule has 1 aromatic carbocycles. The standard InChI is InChI=1S/C18H28N2/c1-14(2)17-13-20(12-6-11-19-17)18-10-5-8-15-7-3-4-9-16(15)18/h3-4,7,9,14,17-19H,5-6,8,10-13H2,1-2H3. The van der Waals surface area contributed by atoms with E-state index in [0.29, 0.717) is 12.1 Å². The highest BCUT2D eigenvalue weighted by Crippen LogP contribution is 2.34. The molecule has 1 saturated heterocycles. The van der Waals surface area contributed by atoms with Gasteiger partial charge in [-0.25, -0.2) is 0 Å². The van der Waals surface area contributed by atoms with Gasteiger partial charge in [0.05, 0.1) is 0 Å². The fourth-order valence-corrected chi connectivity index (χ4v) is 3.82. The first-order valence-corrected chi connectivity index (χ1v) is 8.31. The second-order valence-electron chi connectivity index (χ2n) is 6.76. The number of hydrogen-bond acceptors (Lipinski definition) is 2. The summed E-state index contributed by atoms with van der Waals surface area (Å²) in [4.78, 5) is 2.75. The topological polar surface area (TPSA) is 15.3 Å². The van der Waals surface area contributed by atoms with Crippen LogP contribution in [0.1, 0.15) is 50.3 Å². The van der Waals surface area contributed by atoms with Crippen molar-refractivity contribution in [3.05, 3.63) is 35.4 Å². The van der Waals surface area contributed by atoms with Gasteiger partial charge in [0.25, 0.3) is 0 Å². The van der Waals surface area contributed by atoms with Crippen LogP contribution in [-0.4, -0.2) is 30.6 Å². The van der Waals surface area contributed by atoms with Crippen molar-refractivity contribution in [2.24, 2.45) is 5.92 Å². The predicted molar refractivity (Wildman–Crippen MR) is 84.9 cm³/mol. The Labute approximate surface area is 123 Å².